The molecule has 0 aliphatic rings. The SMILES string of the molecule is O=C(Nc1ccc(Br)nc1)c1cc(Cl)ccc1I. The Bertz CT molecular complexity index is 589. The number of nitrogens with zero attached hydrogens (tertiary/aromatic N) is 1. The summed E-state index contributed by atoms with van der Waals surface area (Å²) >= 11 is 11.2. The molecule has 0 radical (unpaired) electrons. The van der Waals surface area contributed by atoms with Crippen molar-refractivity contribution in [2.45, 2.75) is 0 Å². The minimum Gasteiger partial charge on any atom is -0.321 e. The third kappa shape index (κ3) is 3.43. The van der Waals surface area contributed by atoms with Crippen LogP contribution in [0.3, 0.4) is 0 Å². The van der Waals surface area contributed by atoms with Gasteiger partial charge in [-0.1, -0.05) is 11.6 Å². The lowest BCUT2D eigenvalue weighted by Crippen LogP contribution is -2.13. The number of hydrogen-bond acceptors (Lipinski definition) is 2. The van der Waals surface area contributed by atoms with Crippen LogP contribution < -0.4 is 5.32 Å². The van der Waals surface area contributed by atoms with Crippen molar-refractivity contribution in [3.63, 3.8) is 0 Å². The summed E-state index contributed by atoms with van der Waals surface area (Å²) in [6.07, 6.45) is 1.58. The van der Waals surface area contributed by atoms with E-state index in [0.717, 1.165) is 8.17 Å². The highest BCUT2D eigenvalue weighted by atomic mass is 127. The topological polar surface area (TPSA) is 42.0 Å². The van der Waals surface area contributed by atoms with Crippen LogP contribution in [0.15, 0.2) is 41.1 Å². The largest absolute Gasteiger partial charge is 0.321 e. The minimum absolute atomic E-state index is 0.203. The number of nitrogens with one attached hydrogen (secondary N) is 1. The molecule has 92 valence electrons. The molecule has 0 spiro atoms. The average molecular weight is 437 g/mol. The quantitative estimate of drug-likeness (QED) is 0.561. The van der Waals surface area contributed by atoms with Crippen molar-refractivity contribution in [3.8, 4) is 0 Å². The molecule has 0 saturated heterocycles. The van der Waals surface area contributed by atoms with Gasteiger partial charge in [-0.2, -0.15) is 0 Å². The van der Waals surface area contributed by atoms with Crippen LogP contribution in [0.4, 0.5) is 5.69 Å². The average Bonchev–Trinajstić information content (AvgIpc) is 2.35. The Balaban J connectivity index is 2.21. The molecule has 0 atom stereocenters. The summed E-state index contributed by atoms with van der Waals surface area (Å²) in [7, 11) is 0. The van der Waals surface area contributed by atoms with Crippen molar-refractivity contribution in [3.05, 3.63) is 55.3 Å². The molecule has 0 aliphatic heterocycles. The van der Waals surface area contributed by atoms with Gasteiger partial charge in [0.15, 0.2) is 0 Å². The number of benzene rings is 1. The van der Waals surface area contributed by atoms with Crippen molar-refractivity contribution >= 4 is 61.7 Å². The third-order valence-electron chi connectivity index (χ3n) is 2.16. The van der Waals surface area contributed by atoms with Crippen LogP contribution in [-0.4, -0.2) is 10.9 Å². The Morgan fingerprint density at radius 1 is 1.33 bits per heavy atom. The van der Waals surface area contributed by atoms with Gasteiger partial charge in [0.1, 0.15) is 4.60 Å². The Kier molecular flexibility index (Phi) is 4.58. The molecule has 2 rings (SSSR count). The Morgan fingerprint density at radius 3 is 2.78 bits per heavy atom. The van der Waals surface area contributed by atoms with Crippen molar-refractivity contribution in [2.75, 3.05) is 5.32 Å². The lowest BCUT2D eigenvalue weighted by molar-refractivity contribution is 0.102. The smallest absolute Gasteiger partial charge is 0.256 e. The molecule has 18 heavy (non-hydrogen) atoms. The van der Waals surface area contributed by atoms with Gasteiger partial charge in [-0.3, -0.25) is 4.79 Å². The molecule has 6 heteroatoms. The number of anilines is 1. The van der Waals surface area contributed by atoms with Gasteiger partial charge in [0.25, 0.3) is 5.91 Å². The van der Waals surface area contributed by atoms with E-state index < -0.39 is 0 Å². The second-order valence-corrected chi connectivity index (χ2v) is 5.86. The van der Waals surface area contributed by atoms with Gasteiger partial charge in [-0.15, -0.1) is 0 Å². The minimum atomic E-state index is -0.203. The van der Waals surface area contributed by atoms with Gasteiger partial charge in [0, 0.05) is 8.59 Å². The first-order valence-electron chi connectivity index (χ1n) is 4.94. The molecule has 1 amide bonds. The molecule has 0 aliphatic carbocycles. The fourth-order valence-electron chi connectivity index (χ4n) is 1.32. The Labute approximate surface area is 131 Å². The zero-order chi connectivity index (χ0) is 13.1. The number of carbonyl (C=O) groups is 1. The van der Waals surface area contributed by atoms with E-state index in [2.05, 4.69) is 48.8 Å². The van der Waals surface area contributed by atoms with Gasteiger partial charge < -0.3 is 5.32 Å². The molecule has 1 aromatic carbocycles. The van der Waals surface area contributed by atoms with Crippen LogP contribution in [0.5, 0.6) is 0 Å². The summed E-state index contributed by atoms with van der Waals surface area (Å²) in [5.41, 5.74) is 1.19. The normalized spacial score (nSPS) is 10.2. The van der Waals surface area contributed by atoms with Gasteiger partial charge in [0.05, 0.1) is 17.4 Å². The number of rotatable bonds is 2. The van der Waals surface area contributed by atoms with E-state index in [1.807, 2.05) is 0 Å². The highest BCUT2D eigenvalue weighted by Crippen LogP contribution is 2.19. The van der Waals surface area contributed by atoms with Crippen LogP contribution in [0, 0.1) is 3.57 Å². The van der Waals surface area contributed by atoms with Gasteiger partial charge in [-0.05, 0) is 68.9 Å². The molecule has 0 unspecified atom stereocenters. The predicted molar refractivity (Wildman–Crippen MR) is 84.1 cm³/mol. The molecule has 0 fully saturated rings. The zero-order valence-electron chi connectivity index (χ0n) is 8.95. The van der Waals surface area contributed by atoms with Crippen LogP contribution in [0.25, 0.3) is 0 Å². The predicted octanol–water partition coefficient (Wildman–Crippen LogP) is 4.35. The summed E-state index contributed by atoms with van der Waals surface area (Å²) in [6, 6.07) is 8.73. The maximum atomic E-state index is 12.1. The van der Waals surface area contributed by atoms with Crippen molar-refractivity contribution in [2.24, 2.45) is 0 Å². The maximum absolute atomic E-state index is 12.1. The molecule has 1 aromatic heterocycles. The molecule has 1 heterocycles. The Hall–Kier alpha value is -0.660. The number of amides is 1. The first-order chi connectivity index (χ1) is 8.56. The van der Waals surface area contributed by atoms with E-state index in [4.69, 9.17) is 11.6 Å². The molecule has 1 N–H and O–H groups in total. The Morgan fingerprint density at radius 2 is 2.11 bits per heavy atom. The molecular formula is C12H7BrClIN2O. The lowest BCUT2D eigenvalue weighted by Gasteiger charge is -2.07. The number of halogens is 3. The number of aromatic nitrogens is 1. The molecule has 3 nitrogen and oxygen atoms in total. The van der Waals surface area contributed by atoms with Gasteiger partial charge in [-0.25, -0.2) is 4.98 Å². The van der Waals surface area contributed by atoms with E-state index >= 15 is 0 Å². The number of pyridine rings is 1. The summed E-state index contributed by atoms with van der Waals surface area (Å²) in [5, 5.41) is 3.30. The summed E-state index contributed by atoms with van der Waals surface area (Å²) in [5.74, 6) is -0.203. The summed E-state index contributed by atoms with van der Waals surface area (Å²) in [4.78, 5) is 16.1. The first kappa shape index (κ1) is 13.8. The second kappa shape index (κ2) is 5.99. The van der Waals surface area contributed by atoms with E-state index in [9.17, 15) is 4.79 Å². The van der Waals surface area contributed by atoms with E-state index in [1.54, 1.807) is 36.5 Å². The van der Waals surface area contributed by atoms with Gasteiger partial charge in [0.2, 0.25) is 0 Å². The van der Waals surface area contributed by atoms with E-state index in [-0.39, 0.29) is 5.91 Å². The highest BCUT2D eigenvalue weighted by molar-refractivity contribution is 14.1. The first-order valence-corrected chi connectivity index (χ1v) is 7.19. The molecule has 0 bridgehead atoms. The van der Waals surface area contributed by atoms with Crippen molar-refractivity contribution in [1.29, 1.82) is 0 Å². The fraction of sp³-hybridized carbons (Fsp3) is 0. The third-order valence-corrected chi connectivity index (χ3v) is 3.80. The van der Waals surface area contributed by atoms with Gasteiger partial charge >= 0.3 is 0 Å². The molecular weight excluding hydrogens is 430 g/mol. The van der Waals surface area contributed by atoms with Crippen LogP contribution >= 0.6 is 50.1 Å². The standard InChI is InChI=1S/C12H7BrClIN2O/c13-11-4-2-8(6-16-11)17-12(18)9-5-7(14)1-3-10(9)15/h1-6H,(H,17,18). The number of carbonyl (C=O) groups excluding carboxylic acids is 1. The molecule has 2 aromatic rings. The highest BCUT2D eigenvalue weighted by Gasteiger charge is 2.10. The van der Waals surface area contributed by atoms with Crippen molar-refractivity contribution < 1.29 is 4.79 Å². The summed E-state index contributed by atoms with van der Waals surface area (Å²) in [6.45, 7) is 0. The lowest BCUT2D eigenvalue weighted by atomic mass is 10.2. The monoisotopic (exact) mass is 436 g/mol. The van der Waals surface area contributed by atoms with Crippen LogP contribution in [0.2, 0.25) is 5.02 Å². The van der Waals surface area contributed by atoms with Crippen LogP contribution in [0.1, 0.15) is 10.4 Å². The maximum Gasteiger partial charge on any atom is 0.256 e. The summed E-state index contributed by atoms with van der Waals surface area (Å²) < 4.78 is 1.57. The fourth-order valence-corrected chi connectivity index (χ4v) is 2.31. The second-order valence-electron chi connectivity index (χ2n) is 3.45. The van der Waals surface area contributed by atoms with E-state index in [0.29, 0.717) is 16.3 Å². The zero-order valence-corrected chi connectivity index (χ0v) is 13.5. The number of hydrogen-bond donors (Lipinski definition) is 1. The van der Waals surface area contributed by atoms with Crippen LogP contribution in [-0.2, 0) is 0 Å². The van der Waals surface area contributed by atoms with Crippen molar-refractivity contribution in [1.82, 2.24) is 4.98 Å². The van der Waals surface area contributed by atoms with E-state index in [1.165, 1.54) is 0 Å². The molecule has 0 saturated carbocycles.